The molecule has 7 heteroatoms. The fourth-order valence-electron chi connectivity index (χ4n) is 3.18. The Bertz CT molecular complexity index is 630. The van der Waals surface area contributed by atoms with Gasteiger partial charge in [0.2, 0.25) is 5.91 Å². The Morgan fingerprint density at radius 1 is 1.29 bits per heavy atom. The maximum atomic E-state index is 13.0. The Morgan fingerprint density at radius 3 is 2.54 bits per heavy atom. The maximum Gasteiger partial charge on any atom is 0.416 e. The first-order valence-electron chi connectivity index (χ1n) is 7.86. The smallest absolute Gasteiger partial charge is 0.416 e. The number of halogens is 3. The number of alkyl halides is 3. The number of hydrogen-bond acceptors (Lipinski definition) is 2. The highest BCUT2D eigenvalue weighted by molar-refractivity contribution is 5.81. The van der Waals surface area contributed by atoms with Crippen molar-refractivity contribution in [3.63, 3.8) is 0 Å². The second kappa shape index (κ2) is 6.83. The van der Waals surface area contributed by atoms with Gasteiger partial charge in [-0.3, -0.25) is 9.59 Å². The van der Waals surface area contributed by atoms with Gasteiger partial charge < -0.3 is 10.0 Å². The summed E-state index contributed by atoms with van der Waals surface area (Å²) in [5.74, 6) is -1.43. The molecule has 2 rings (SSSR count). The van der Waals surface area contributed by atoms with Crippen LogP contribution in [0.5, 0.6) is 0 Å². The van der Waals surface area contributed by atoms with E-state index in [4.69, 9.17) is 0 Å². The average Bonchev–Trinajstić information content (AvgIpc) is 2.54. The zero-order valence-corrected chi connectivity index (χ0v) is 13.4. The first kappa shape index (κ1) is 18.3. The molecular formula is C17H20F3NO3. The molecule has 1 N–H and O–H groups in total. The predicted molar refractivity (Wildman–Crippen MR) is 81.3 cm³/mol. The summed E-state index contributed by atoms with van der Waals surface area (Å²) in [6.45, 7) is 2.18. The molecule has 0 saturated carbocycles. The molecule has 0 spiro atoms. The summed E-state index contributed by atoms with van der Waals surface area (Å²) in [4.78, 5) is 25.4. The molecule has 4 nitrogen and oxygen atoms in total. The van der Waals surface area contributed by atoms with Crippen molar-refractivity contribution >= 4 is 11.9 Å². The molecular weight excluding hydrogens is 323 g/mol. The van der Waals surface area contributed by atoms with Gasteiger partial charge in [-0.1, -0.05) is 25.1 Å². The molecule has 0 radical (unpaired) electrons. The van der Waals surface area contributed by atoms with Gasteiger partial charge in [0.25, 0.3) is 0 Å². The second-order valence-corrected chi connectivity index (χ2v) is 6.19. The third-order valence-electron chi connectivity index (χ3n) is 4.72. The zero-order chi connectivity index (χ0) is 18.0. The number of piperidine rings is 1. The van der Waals surface area contributed by atoms with Gasteiger partial charge in [-0.25, -0.2) is 0 Å². The van der Waals surface area contributed by atoms with E-state index in [1.807, 2.05) is 0 Å². The summed E-state index contributed by atoms with van der Waals surface area (Å²) in [6, 6.07) is 4.98. The number of benzene rings is 1. The molecule has 0 aliphatic carbocycles. The maximum absolute atomic E-state index is 13.0. The molecule has 1 fully saturated rings. The van der Waals surface area contributed by atoms with Crippen LogP contribution < -0.4 is 0 Å². The van der Waals surface area contributed by atoms with Crippen molar-refractivity contribution in [2.75, 3.05) is 13.1 Å². The number of likely N-dealkylation sites (tertiary alicyclic amines) is 1. The van der Waals surface area contributed by atoms with E-state index >= 15 is 0 Å². The number of aliphatic carboxylic acids is 1. The molecule has 1 aliphatic heterocycles. The molecule has 1 aromatic carbocycles. The number of amides is 1. The SMILES string of the molecule is CC[C@@]1(C(=O)O)CCCN(C(=O)Cc2ccccc2C(F)(F)F)C1. The number of carbonyl (C=O) groups excluding carboxylic acids is 1. The van der Waals surface area contributed by atoms with Crippen molar-refractivity contribution in [3.05, 3.63) is 35.4 Å². The van der Waals surface area contributed by atoms with Crippen LogP contribution in [-0.2, 0) is 22.2 Å². The summed E-state index contributed by atoms with van der Waals surface area (Å²) in [6.07, 6.45) is -3.51. The highest BCUT2D eigenvalue weighted by atomic mass is 19.4. The van der Waals surface area contributed by atoms with Crippen molar-refractivity contribution in [2.24, 2.45) is 5.41 Å². The van der Waals surface area contributed by atoms with Crippen molar-refractivity contribution in [3.8, 4) is 0 Å². The number of carboxylic acids is 1. The number of carboxylic acid groups (broad SMARTS) is 1. The summed E-state index contributed by atoms with van der Waals surface area (Å²) >= 11 is 0. The third-order valence-corrected chi connectivity index (χ3v) is 4.72. The van der Waals surface area contributed by atoms with Gasteiger partial charge in [-0.15, -0.1) is 0 Å². The first-order chi connectivity index (χ1) is 11.2. The summed E-state index contributed by atoms with van der Waals surface area (Å²) in [7, 11) is 0. The van der Waals surface area contributed by atoms with Crippen LogP contribution in [0.25, 0.3) is 0 Å². The molecule has 1 aliphatic rings. The molecule has 0 unspecified atom stereocenters. The number of nitrogens with zero attached hydrogens (tertiary/aromatic N) is 1. The van der Waals surface area contributed by atoms with E-state index in [0.29, 0.717) is 25.8 Å². The lowest BCUT2D eigenvalue weighted by atomic mass is 9.77. The van der Waals surface area contributed by atoms with Gasteiger partial charge in [0.15, 0.2) is 0 Å². The first-order valence-corrected chi connectivity index (χ1v) is 7.86. The molecule has 1 amide bonds. The highest BCUT2D eigenvalue weighted by Gasteiger charge is 2.42. The second-order valence-electron chi connectivity index (χ2n) is 6.19. The van der Waals surface area contributed by atoms with Gasteiger partial charge in [0, 0.05) is 13.1 Å². The van der Waals surface area contributed by atoms with Crippen LogP contribution in [0.2, 0.25) is 0 Å². The van der Waals surface area contributed by atoms with E-state index in [9.17, 15) is 27.9 Å². The quantitative estimate of drug-likeness (QED) is 0.912. The van der Waals surface area contributed by atoms with Gasteiger partial charge >= 0.3 is 12.1 Å². The largest absolute Gasteiger partial charge is 0.481 e. The van der Waals surface area contributed by atoms with Crippen LogP contribution >= 0.6 is 0 Å². The lowest BCUT2D eigenvalue weighted by molar-refractivity contribution is -0.155. The number of rotatable bonds is 4. The minimum absolute atomic E-state index is 0.0475. The van der Waals surface area contributed by atoms with E-state index in [2.05, 4.69) is 0 Å². The fourth-order valence-corrected chi connectivity index (χ4v) is 3.18. The van der Waals surface area contributed by atoms with Crippen LogP contribution in [-0.4, -0.2) is 35.0 Å². The number of hydrogen-bond donors (Lipinski definition) is 1. The lowest BCUT2D eigenvalue weighted by Crippen LogP contribution is -2.50. The van der Waals surface area contributed by atoms with Crippen molar-refractivity contribution in [1.82, 2.24) is 4.90 Å². The van der Waals surface area contributed by atoms with Crippen molar-refractivity contribution in [2.45, 2.75) is 38.8 Å². The van der Waals surface area contributed by atoms with E-state index in [1.165, 1.54) is 23.1 Å². The molecule has 0 bridgehead atoms. The Labute approximate surface area is 138 Å². The van der Waals surface area contributed by atoms with Crippen LogP contribution in [0.1, 0.15) is 37.3 Å². The molecule has 1 aromatic rings. The molecule has 1 heterocycles. The van der Waals surface area contributed by atoms with Crippen LogP contribution in [0.4, 0.5) is 13.2 Å². The molecule has 24 heavy (non-hydrogen) atoms. The highest BCUT2D eigenvalue weighted by Crippen LogP contribution is 2.35. The molecule has 0 aromatic heterocycles. The predicted octanol–water partition coefficient (Wildman–Crippen LogP) is 3.35. The third kappa shape index (κ3) is 3.71. The van der Waals surface area contributed by atoms with E-state index in [0.717, 1.165) is 6.07 Å². The minimum atomic E-state index is -4.52. The normalized spacial score (nSPS) is 21.6. The minimum Gasteiger partial charge on any atom is -0.481 e. The van der Waals surface area contributed by atoms with Crippen molar-refractivity contribution in [1.29, 1.82) is 0 Å². The average molecular weight is 343 g/mol. The standard InChI is InChI=1S/C17H20F3NO3/c1-2-16(15(23)24)8-5-9-21(11-16)14(22)10-12-6-3-4-7-13(12)17(18,19)20/h3-4,6-7H,2,5,8-11H2,1H3,(H,23,24)/t16-/m1/s1. The summed E-state index contributed by atoms with van der Waals surface area (Å²) in [5, 5.41) is 9.44. The summed E-state index contributed by atoms with van der Waals surface area (Å²) < 4.78 is 39.1. The molecule has 1 atom stereocenters. The van der Waals surface area contributed by atoms with Crippen LogP contribution in [0, 0.1) is 5.41 Å². The topological polar surface area (TPSA) is 57.6 Å². The Balaban J connectivity index is 2.18. The van der Waals surface area contributed by atoms with Gasteiger partial charge in [0.1, 0.15) is 0 Å². The van der Waals surface area contributed by atoms with Crippen molar-refractivity contribution < 1.29 is 27.9 Å². The van der Waals surface area contributed by atoms with E-state index in [1.54, 1.807) is 6.92 Å². The Hall–Kier alpha value is -2.05. The van der Waals surface area contributed by atoms with Crippen LogP contribution in [0.3, 0.4) is 0 Å². The molecule has 132 valence electrons. The van der Waals surface area contributed by atoms with Crippen LogP contribution in [0.15, 0.2) is 24.3 Å². The molecule has 1 saturated heterocycles. The lowest BCUT2D eigenvalue weighted by Gasteiger charge is -2.39. The fraction of sp³-hybridized carbons (Fsp3) is 0.529. The number of carbonyl (C=O) groups is 2. The van der Waals surface area contributed by atoms with Gasteiger partial charge in [-0.2, -0.15) is 13.2 Å². The van der Waals surface area contributed by atoms with E-state index < -0.39 is 29.0 Å². The van der Waals surface area contributed by atoms with E-state index in [-0.39, 0.29) is 18.5 Å². The van der Waals surface area contributed by atoms with Gasteiger partial charge in [0.05, 0.1) is 17.4 Å². The monoisotopic (exact) mass is 343 g/mol. The van der Waals surface area contributed by atoms with Gasteiger partial charge in [-0.05, 0) is 30.9 Å². The Kier molecular flexibility index (Phi) is 5.20. The zero-order valence-electron chi connectivity index (χ0n) is 13.4. The summed E-state index contributed by atoms with van der Waals surface area (Å²) in [5.41, 5.74) is -1.91. The Morgan fingerprint density at radius 2 is 1.96 bits per heavy atom.